The lowest BCUT2D eigenvalue weighted by molar-refractivity contribution is 0.405. The van der Waals surface area contributed by atoms with E-state index in [2.05, 4.69) is 26.3 Å². The molecular weight excluding hydrogens is 127 g/mol. The third-order valence-corrected chi connectivity index (χ3v) is 0. The quantitative estimate of drug-likeness (QED) is 0.390. The molecule has 8 heavy (non-hydrogen) atoms. The first-order valence-electron chi connectivity index (χ1n) is 1.58. The zero-order valence-corrected chi connectivity index (χ0v) is 5.47. The van der Waals surface area contributed by atoms with Gasteiger partial charge in [-0.15, -0.1) is 36.1 Å². The molecule has 0 amide bonds. The van der Waals surface area contributed by atoms with Gasteiger partial charge in [0.15, 0.2) is 0 Å². The average Bonchev–Trinajstić information content (AvgIpc) is 1.75. The smallest absolute Gasteiger partial charge is 0.134 e. The van der Waals surface area contributed by atoms with Crippen molar-refractivity contribution in [2.75, 3.05) is 0 Å². The van der Waals surface area contributed by atoms with Gasteiger partial charge in [0.2, 0.25) is 0 Å². The molecule has 0 atom stereocenters. The first kappa shape index (κ1) is 15.6. The standard InChI is InChI=1S/2C2H4.HO3P/c2*1-2;1-4(2)3/h2*1-2H2;(H-,1,2,3)/p+1. The summed E-state index contributed by atoms with van der Waals surface area (Å²) in [5.74, 6) is 0. The highest BCUT2D eigenvalue weighted by molar-refractivity contribution is 7.30. The van der Waals surface area contributed by atoms with Crippen molar-refractivity contribution in [3.63, 3.8) is 0 Å². The van der Waals surface area contributed by atoms with Crippen LogP contribution in [0, 0.1) is 0 Å². The molecule has 0 saturated carbocycles. The Kier molecular flexibility index (Phi) is 61.5. The van der Waals surface area contributed by atoms with E-state index in [-0.39, 0.29) is 0 Å². The Bertz CT molecular complexity index is 49.2. The molecule has 0 aliphatic heterocycles. The van der Waals surface area contributed by atoms with Crippen LogP contribution in [0.4, 0.5) is 0 Å². The summed E-state index contributed by atoms with van der Waals surface area (Å²) in [5.41, 5.74) is 0. The number of hydrogen-bond acceptors (Lipinski definition) is 1. The fourth-order valence-electron chi connectivity index (χ4n) is 0. The fourth-order valence-corrected chi connectivity index (χ4v) is 0. The van der Waals surface area contributed by atoms with Gasteiger partial charge in [0.05, 0.1) is 0 Å². The van der Waals surface area contributed by atoms with Crippen molar-refractivity contribution in [2.24, 2.45) is 0 Å². The molecule has 3 nitrogen and oxygen atoms in total. The van der Waals surface area contributed by atoms with Gasteiger partial charge in [0, 0.05) is 4.57 Å². The van der Waals surface area contributed by atoms with Crippen LogP contribution in [-0.2, 0) is 4.57 Å². The fraction of sp³-hybridized carbons (Fsp3) is 0. The van der Waals surface area contributed by atoms with E-state index in [1.54, 1.807) is 0 Å². The van der Waals surface area contributed by atoms with E-state index in [1.165, 1.54) is 0 Å². The Labute approximate surface area is 49.9 Å². The van der Waals surface area contributed by atoms with Crippen molar-refractivity contribution < 1.29 is 14.4 Å². The van der Waals surface area contributed by atoms with Crippen LogP contribution in [0.5, 0.6) is 0 Å². The third-order valence-electron chi connectivity index (χ3n) is 0. The second kappa shape index (κ2) is 31.5. The van der Waals surface area contributed by atoms with Gasteiger partial charge in [0.1, 0.15) is 0 Å². The highest BCUT2D eigenvalue weighted by Crippen LogP contribution is 1.98. The van der Waals surface area contributed by atoms with Crippen LogP contribution < -0.4 is 0 Å². The average molecular weight is 137 g/mol. The molecule has 0 saturated heterocycles. The van der Waals surface area contributed by atoms with Crippen molar-refractivity contribution in [2.45, 2.75) is 0 Å². The molecule has 0 fully saturated rings. The van der Waals surface area contributed by atoms with Gasteiger partial charge in [0.25, 0.3) is 0 Å². The topological polar surface area (TPSA) is 57.5 Å². The van der Waals surface area contributed by atoms with Gasteiger partial charge < -0.3 is 0 Å². The zero-order valence-electron chi connectivity index (χ0n) is 4.58. The van der Waals surface area contributed by atoms with Gasteiger partial charge in [-0.05, 0) is 0 Å². The summed E-state index contributed by atoms with van der Waals surface area (Å²) in [5, 5.41) is 0. The normalized spacial score (nSPS) is 4.25. The maximum atomic E-state index is 8.70. The molecule has 0 radical (unpaired) electrons. The predicted molar refractivity (Wildman–Crippen MR) is 34.6 cm³/mol. The van der Waals surface area contributed by atoms with E-state index < -0.39 is 8.25 Å². The highest BCUT2D eigenvalue weighted by atomic mass is 31.1. The van der Waals surface area contributed by atoms with Crippen LogP contribution >= 0.6 is 8.25 Å². The maximum Gasteiger partial charge on any atom is 0.692 e. The van der Waals surface area contributed by atoms with Crippen LogP contribution in [0.1, 0.15) is 0 Å². The summed E-state index contributed by atoms with van der Waals surface area (Å²) in [6.45, 7) is 12.0. The van der Waals surface area contributed by atoms with Gasteiger partial charge in [-0.1, -0.05) is 0 Å². The Morgan fingerprint density at radius 2 is 1.00 bits per heavy atom. The minimum Gasteiger partial charge on any atom is -0.134 e. The predicted octanol–water partition coefficient (Wildman–Crippen LogP) is 1.23. The lowest BCUT2D eigenvalue weighted by Gasteiger charge is -1.34. The van der Waals surface area contributed by atoms with Gasteiger partial charge >= 0.3 is 8.25 Å². The Balaban J connectivity index is -0.0000000542. The zero-order chi connectivity index (χ0) is 7.58. The molecule has 0 spiro atoms. The molecule has 48 valence electrons. The number of hydrogen-bond donors (Lipinski definition) is 2. The van der Waals surface area contributed by atoms with Crippen molar-refractivity contribution in [3.05, 3.63) is 26.3 Å². The molecule has 0 aromatic carbocycles. The van der Waals surface area contributed by atoms with Gasteiger partial charge in [-0.2, -0.15) is 0 Å². The van der Waals surface area contributed by atoms with Crippen LogP contribution in [0.15, 0.2) is 26.3 Å². The van der Waals surface area contributed by atoms with E-state index >= 15 is 0 Å². The third kappa shape index (κ3) is 446. The minimum atomic E-state index is -2.87. The lowest BCUT2D eigenvalue weighted by Crippen LogP contribution is -1.38. The lowest BCUT2D eigenvalue weighted by atomic mass is 11.3. The van der Waals surface area contributed by atoms with E-state index in [0.29, 0.717) is 0 Å². The summed E-state index contributed by atoms with van der Waals surface area (Å²) < 4.78 is 8.70. The van der Waals surface area contributed by atoms with E-state index in [1.807, 2.05) is 0 Å². The molecule has 0 unspecified atom stereocenters. The summed E-state index contributed by atoms with van der Waals surface area (Å²) in [7, 11) is -2.87. The Morgan fingerprint density at radius 1 is 1.00 bits per heavy atom. The second-order valence-corrected chi connectivity index (χ2v) is 0.758. The van der Waals surface area contributed by atoms with Gasteiger partial charge in [-0.25, -0.2) is 0 Å². The van der Waals surface area contributed by atoms with E-state index in [4.69, 9.17) is 14.4 Å². The molecule has 0 aromatic heterocycles. The molecule has 0 bridgehead atoms. The maximum absolute atomic E-state index is 8.70. The molecule has 4 heteroatoms. The van der Waals surface area contributed by atoms with Crippen molar-refractivity contribution in [1.29, 1.82) is 0 Å². The van der Waals surface area contributed by atoms with Crippen molar-refractivity contribution >= 4 is 8.25 Å². The second-order valence-electron chi connectivity index (χ2n) is 0.253. The molecule has 0 heterocycles. The summed E-state index contributed by atoms with van der Waals surface area (Å²) >= 11 is 0. The van der Waals surface area contributed by atoms with Crippen molar-refractivity contribution in [3.8, 4) is 0 Å². The summed E-state index contributed by atoms with van der Waals surface area (Å²) in [6, 6.07) is 0. The minimum absolute atomic E-state index is 2.87. The van der Waals surface area contributed by atoms with E-state index in [0.717, 1.165) is 0 Å². The molecule has 0 aliphatic carbocycles. The Hall–Kier alpha value is -0.500. The van der Waals surface area contributed by atoms with Crippen molar-refractivity contribution in [1.82, 2.24) is 0 Å². The first-order chi connectivity index (χ1) is 3.73. The molecular formula is C4H10O3P+. The number of rotatable bonds is 0. The molecule has 0 aliphatic rings. The summed E-state index contributed by atoms with van der Waals surface area (Å²) in [6.07, 6.45) is 0. The van der Waals surface area contributed by atoms with E-state index in [9.17, 15) is 0 Å². The van der Waals surface area contributed by atoms with Gasteiger partial charge in [-0.3, -0.25) is 0 Å². The van der Waals surface area contributed by atoms with Crippen LogP contribution in [0.2, 0.25) is 0 Å². The first-order valence-corrected chi connectivity index (χ1v) is 2.75. The molecule has 2 N–H and O–H groups in total. The summed E-state index contributed by atoms with van der Waals surface area (Å²) in [4.78, 5) is 14.2. The highest BCUT2D eigenvalue weighted by Gasteiger charge is 1.93. The monoisotopic (exact) mass is 137 g/mol. The van der Waals surface area contributed by atoms with Crippen LogP contribution in [-0.4, -0.2) is 9.79 Å². The van der Waals surface area contributed by atoms with Crippen LogP contribution in [0.3, 0.4) is 0 Å². The Morgan fingerprint density at radius 3 is 1.00 bits per heavy atom. The SMILES string of the molecule is C=C.C=C.O=[P+](O)O. The molecule has 0 aromatic rings. The molecule has 0 rings (SSSR count). The van der Waals surface area contributed by atoms with Crippen LogP contribution in [0.25, 0.3) is 0 Å². The largest absolute Gasteiger partial charge is 0.692 e.